The van der Waals surface area contributed by atoms with Gasteiger partial charge >= 0.3 is 0 Å². The minimum absolute atomic E-state index is 0. The molecule has 3 rings (SSSR count). The van der Waals surface area contributed by atoms with Gasteiger partial charge in [0, 0.05) is 63.7 Å². The molecule has 15 heteroatoms. The molecule has 0 saturated carbocycles. The van der Waals surface area contributed by atoms with Crippen LogP contribution in [0.5, 0.6) is 0 Å². The maximum absolute atomic E-state index is 6.20. The van der Waals surface area contributed by atoms with Crippen LogP contribution in [0.2, 0.25) is 0 Å². The van der Waals surface area contributed by atoms with Crippen LogP contribution in [-0.2, 0) is 6.42 Å². The molecule has 0 bridgehead atoms. The van der Waals surface area contributed by atoms with Crippen LogP contribution in [0, 0.1) is 0 Å². The van der Waals surface area contributed by atoms with Crippen molar-refractivity contribution in [1.82, 2.24) is 20.2 Å². The largest absolute Gasteiger partial charge is 0.412 e. The highest BCUT2D eigenvalue weighted by molar-refractivity contribution is 7.99. The Morgan fingerprint density at radius 2 is 1.43 bits per heavy atom. The number of aromatic nitrogens is 2. The topological polar surface area (TPSA) is 191 Å². The third-order valence-corrected chi connectivity index (χ3v) is 5.88. The summed E-state index contributed by atoms with van der Waals surface area (Å²) in [7, 11) is 4.05. The lowest BCUT2D eigenvalue weighted by atomic mass is 10.1. The van der Waals surface area contributed by atoms with E-state index >= 15 is 0 Å². The van der Waals surface area contributed by atoms with Crippen LogP contribution in [-0.4, -0.2) is 83.9 Å². The highest BCUT2D eigenvalue weighted by atomic mass is 35.5. The maximum atomic E-state index is 6.20. The molecule has 1 aromatic heterocycles. The number of nitrogens with one attached hydrogen (secondary N) is 1. The molecule has 1 saturated heterocycles. The number of thioether (sulfide) groups is 1. The monoisotopic (exact) mass is 599 g/mol. The Morgan fingerprint density at radius 3 is 1.91 bits per heavy atom. The summed E-state index contributed by atoms with van der Waals surface area (Å²) in [6.07, 6.45) is 1.74. The van der Waals surface area contributed by atoms with Crippen LogP contribution >= 0.6 is 61.4 Å². The average molecular weight is 601 g/mol. The Balaban J connectivity index is -0.000000429. The zero-order valence-corrected chi connectivity index (χ0v) is 24.0. The minimum Gasteiger partial charge on any atom is -0.412 e. The van der Waals surface area contributed by atoms with Crippen molar-refractivity contribution in [3.05, 3.63) is 35.4 Å². The number of nitrogen functional groups attached to an aromatic ring is 2. The van der Waals surface area contributed by atoms with Gasteiger partial charge in [0.2, 0.25) is 0 Å². The fourth-order valence-electron chi connectivity index (χ4n) is 3.25. The highest BCUT2D eigenvalue weighted by Gasteiger charge is 2.13. The van der Waals surface area contributed by atoms with Gasteiger partial charge < -0.3 is 43.0 Å². The number of hydrogen-bond acceptors (Lipinski definition) is 8. The Morgan fingerprint density at radius 1 is 0.914 bits per heavy atom. The predicted octanol–water partition coefficient (Wildman–Crippen LogP) is 0.898. The van der Waals surface area contributed by atoms with Gasteiger partial charge in [-0.1, -0.05) is 23.9 Å². The number of anilines is 3. The molecular weight excluding hydrogens is 560 g/mol. The van der Waals surface area contributed by atoms with E-state index in [-0.39, 0.29) is 66.1 Å². The minimum atomic E-state index is 0. The Kier molecular flexibility index (Phi) is 28.0. The van der Waals surface area contributed by atoms with Gasteiger partial charge in [-0.25, -0.2) is 9.97 Å². The Labute approximate surface area is 236 Å². The molecule has 0 unspecified atom stereocenters. The standard InChI is InChI=1S/C20H31N7S.4ClH.3H2O/c1-26(2)16-6-4-15(5-7-16)14-17-18(21)24-20(25-19(17)22)28-13-3-10-27-11-8-23-9-12-27;;;;;;;/h4-7,23H,3,8-14H2,1-2H3,(H4,21,22,24,25);4*1H;3*1H2. The quantitative estimate of drug-likeness (QED) is 0.226. The lowest BCUT2D eigenvalue weighted by Crippen LogP contribution is -2.43. The first-order valence-corrected chi connectivity index (χ1v) is 10.8. The Bertz CT molecular complexity index is 767. The third kappa shape index (κ3) is 13.8. The second-order valence-corrected chi connectivity index (χ2v) is 8.35. The molecule has 0 atom stereocenters. The van der Waals surface area contributed by atoms with E-state index in [1.54, 1.807) is 11.8 Å². The molecule has 0 radical (unpaired) electrons. The van der Waals surface area contributed by atoms with E-state index < -0.39 is 0 Å². The summed E-state index contributed by atoms with van der Waals surface area (Å²) in [6, 6.07) is 8.36. The van der Waals surface area contributed by atoms with Crippen molar-refractivity contribution in [3.63, 3.8) is 0 Å². The lowest BCUT2D eigenvalue weighted by molar-refractivity contribution is 0.242. The predicted molar refractivity (Wildman–Crippen MR) is 159 cm³/mol. The summed E-state index contributed by atoms with van der Waals surface area (Å²) < 4.78 is 0. The van der Waals surface area contributed by atoms with Gasteiger partial charge in [0.25, 0.3) is 0 Å². The van der Waals surface area contributed by atoms with Crippen LogP contribution in [0.3, 0.4) is 0 Å². The summed E-state index contributed by atoms with van der Waals surface area (Å²) in [6.45, 7) is 5.54. The van der Waals surface area contributed by atoms with Crippen LogP contribution in [0.1, 0.15) is 17.5 Å². The summed E-state index contributed by atoms with van der Waals surface area (Å²) in [5, 5.41) is 4.05. The van der Waals surface area contributed by atoms with Gasteiger partial charge in [0.05, 0.1) is 0 Å². The van der Waals surface area contributed by atoms with Crippen molar-refractivity contribution in [2.75, 3.05) is 68.9 Å². The summed E-state index contributed by atoms with van der Waals surface area (Å²) >= 11 is 1.63. The van der Waals surface area contributed by atoms with E-state index in [4.69, 9.17) is 11.5 Å². The first-order valence-electron chi connectivity index (χ1n) is 9.77. The third-order valence-electron chi connectivity index (χ3n) is 4.94. The molecule has 0 amide bonds. The molecule has 208 valence electrons. The molecule has 35 heavy (non-hydrogen) atoms. The van der Waals surface area contributed by atoms with E-state index in [0.717, 1.165) is 61.7 Å². The van der Waals surface area contributed by atoms with Crippen LogP contribution < -0.4 is 21.7 Å². The number of piperazine rings is 1. The molecule has 10 nitrogen and oxygen atoms in total. The molecule has 2 aromatic rings. The first kappa shape index (κ1) is 44.0. The maximum Gasteiger partial charge on any atom is 0.191 e. The molecule has 11 N–H and O–H groups in total. The van der Waals surface area contributed by atoms with Gasteiger partial charge in [-0.05, 0) is 30.7 Å². The summed E-state index contributed by atoms with van der Waals surface area (Å²) in [5.41, 5.74) is 15.5. The van der Waals surface area contributed by atoms with E-state index in [1.165, 1.54) is 0 Å². The SMILES string of the molecule is CN(C)c1ccc(Cc2c(N)nc(SCCCN3CCNCC3)nc2N)cc1.Cl.Cl.Cl.Cl.O.O.O. The van der Waals surface area contributed by atoms with Crippen molar-refractivity contribution >= 4 is 78.7 Å². The van der Waals surface area contributed by atoms with Crippen molar-refractivity contribution in [3.8, 4) is 0 Å². The molecule has 1 aliphatic heterocycles. The van der Waals surface area contributed by atoms with E-state index in [1.807, 2.05) is 14.1 Å². The molecule has 1 aromatic carbocycles. The van der Waals surface area contributed by atoms with E-state index in [0.29, 0.717) is 23.2 Å². The van der Waals surface area contributed by atoms with Crippen molar-refractivity contribution in [2.24, 2.45) is 0 Å². The lowest BCUT2D eigenvalue weighted by Gasteiger charge is -2.26. The number of nitrogens with zero attached hydrogens (tertiary/aromatic N) is 4. The fraction of sp³-hybridized carbons (Fsp3) is 0.500. The molecule has 1 aliphatic rings. The van der Waals surface area contributed by atoms with E-state index in [2.05, 4.69) is 49.4 Å². The molecule has 1 fully saturated rings. The van der Waals surface area contributed by atoms with Crippen molar-refractivity contribution in [1.29, 1.82) is 0 Å². The number of benzene rings is 1. The number of rotatable bonds is 8. The van der Waals surface area contributed by atoms with Crippen LogP contribution in [0.25, 0.3) is 0 Å². The normalized spacial score (nSPS) is 11.9. The molecule has 0 spiro atoms. The average Bonchev–Trinajstić information content (AvgIpc) is 2.69. The fourth-order valence-corrected chi connectivity index (χ4v) is 4.03. The summed E-state index contributed by atoms with van der Waals surface area (Å²) in [4.78, 5) is 13.5. The van der Waals surface area contributed by atoms with Crippen molar-refractivity contribution in [2.45, 2.75) is 18.0 Å². The second kappa shape index (κ2) is 22.2. The van der Waals surface area contributed by atoms with Gasteiger partial charge in [0.1, 0.15) is 11.6 Å². The zero-order valence-electron chi connectivity index (χ0n) is 20.0. The van der Waals surface area contributed by atoms with E-state index in [9.17, 15) is 0 Å². The van der Waals surface area contributed by atoms with Gasteiger partial charge in [-0.15, -0.1) is 49.6 Å². The van der Waals surface area contributed by atoms with Crippen LogP contribution in [0.15, 0.2) is 29.4 Å². The van der Waals surface area contributed by atoms with Crippen molar-refractivity contribution < 1.29 is 16.4 Å². The van der Waals surface area contributed by atoms with Gasteiger partial charge in [-0.2, -0.15) is 0 Å². The smallest absolute Gasteiger partial charge is 0.191 e. The second-order valence-electron chi connectivity index (χ2n) is 7.29. The number of hydrogen-bond donors (Lipinski definition) is 3. The summed E-state index contributed by atoms with van der Waals surface area (Å²) in [5.74, 6) is 1.93. The highest BCUT2D eigenvalue weighted by Crippen LogP contribution is 2.25. The zero-order chi connectivity index (χ0) is 19.9. The molecular formula is C20H41Cl4N7O3S. The number of nitrogens with two attached hydrogens (primary N) is 2. The number of halogens is 4. The van der Waals surface area contributed by atoms with Gasteiger partial charge in [-0.3, -0.25) is 0 Å². The van der Waals surface area contributed by atoms with Crippen LogP contribution in [0.4, 0.5) is 17.3 Å². The molecule has 0 aliphatic carbocycles. The molecule has 2 heterocycles. The Hall–Kier alpha value is -0.990. The first-order chi connectivity index (χ1) is 13.5. The van der Waals surface area contributed by atoms with Gasteiger partial charge in [0.15, 0.2) is 5.16 Å².